The lowest BCUT2D eigenvalue weighted by Crippen LogP contribution is -2.00. The van der Waals surface area contributed by atoms with Gasteiger partial charge in [0.2, 0.25) is 0 Å². The second kappa shape index (κ2) is 7.46. The Hall–Kier alpha value is -1.32. The maximum atomic E-state index is 10.1. The summed E-state index contributed by atoms with van der Waals surface area (Å²) >= 11 is 3.48. The summed E-state index contributed by atoms with van der Waals surface area (Å²) in [5.74, 6) is 0.780. The molecule has 0 saturated heterocycles. The second-order valence-electron chi connectivity index (χ2n) is 4.76. The molecule has 1 atom stereocenters. The van der Waals surface area contributed by atoms with Gasteiger partial charge in [-0.05, 0) is 35.7 Å². The molecule has 2 rings (SSSR count). The zero-order valence-electron chi connectivity index (χ0n) is 11.6. The van der Waals surface area contributed by atoms with Crippen LogP contribution < -0.4 is 4.74 Å². The van der Waals surface area contributed by atoms with Gasteiger partial charge in [-0.1, -0.05) is 59.6 Å². The summed E-state index contributed by atoms with van der Waals surface area (Å²) in [6, 6.07) is 15.8. The Morgan fingerprint density at radius 2 is 1.90 bits per heavy atom. The summed E-state index contributed by atoms with van der Waals surface area (Å²) < 4.78 is 6.71. The molecule has 20 heavy (non-hydrogen) atoms. The third kappa shape index (κ3) is 4.09. The van der Waals surface area contributed by atoms with Crippen molar-refractivity contribution in [3.63, 3.8) is 0 Å². The van der Waals surface area contributed by atoms with Crippen molar-refractivity contribution in [2.24, 2.45) is 0 Å². The summed E-state index contributed by atoms with van der Waals surface area (Å²) in [4.78, 5) is 0. The minimum atomic E-state index is -0.449. The SMILES string of the molecule is CCCC(O)c1cc(OCc2ccccc2)ccc1Br. The third-order valence-corrected chi connectivity index (χ3v) is 3.86. The Morgan fingerprint density at radius 3 is 2.60 bits per heavy atom. The lowest BCUT2D eigenvalue weighted by atomic mass is 10.1. The molecule has 0 aliphatic carbocycles. The van der Waals surface area contributed by atoms with Crippen molar-refractivity contribution >= 4 is 15.9 Å². The van der Waals surface area contributed by atoms with Gasteiger partial charge >= 0.3 is 0 Å². The van der Waals surface area contributed by atoms with E-state index in [1.165, 1.54) is 0 Å². The van der Waals surface area contributed by atoms with E-state index in [9.17, 15) is 5.11 Å². The lowest BCUT2D eigenvalue weighted by Gasteiger charge is -2.14. The predicted molar refractivity (Wildman–Crippen MR) is 84.8 cm³/mol. The zero-order chi connectivity index (χ0) is 14.4. The molecule has 2 nitrogen and oxygen atoms in total. The highest BCUT2D eigenvalue weighted by Crippen LogP contribution is 2.30. The molecule has 0 aromatic heterocycles. The quantitative estimate of drug-likeness (QED) is 0.817. The topological polar surface area (TPSA) is 29.5 Å². The summed E-state index contributed by atoms with van der Waals surface area (Å²) in [7, 11) is 0. The summed E-state index contributed by atoms with van der Waals surface area (Å²) in [6.07, 6.45) is 1.25. The maximum Gasteiger partial charge on any atom is 0.120 e. The molecule has 0 fully saturated rings. The molecule has 1 N–H and O–H groups in total. The molecule has 0 saturated carbocycles. The van der Waals surface area contributed by atoms with Crippen LogP contribution in [0.3, 0.4) is 0 Å². The molecule has 0 spiro atoms. The van der Waals surface area contributed by atoms with E-state index in [4.69, 9.17) is 4.74 Å². The Kier molecular flexibility index (Phi) is 5.62. The van der Waals surface area contributed by atoms with Crippen LogP contribution in [0.2, 0.25) is 0 Å². The monoisotopic (exact) mass is 334 g/mol. The third-order valence-electron chi connectivity index (χ3n) is 3.14. The van der Waals surface area contributed by atoms with Crippen molar-refractivity contribution in [1.29, 1.82) is 0 Å². The smallest absolute Gasteiger partial charge is 0.120 e. The van der Waals surface area contributed by atoms with Gasteiger partial charge in [-0.3, -0.25) is 0 Å². The highest BCUT2D eigenvalue weighted by atomic mass is 79.9. The van der Waals surface area contributed by atoms with Gasteiger partial charge in [-0.25, -0.2) is 0 Å². The average molecular weight is 335 g/mol. The molecular formula is C17H19BrO2. The van der Waals surface area contributed by atoms with Crippen LogP contribution in [0.5, 0.6) is 5.75 Å². The van der Waals surface area contributed by atoms with E-state index in [-0.39, 0.29) is 0 Å². The van der Waals surface area contributed by atoms with Crippen LogP contribution in [0.4, 0.5) is 0 Å². The molecule has 0 radical (unpaired) electrons. The first-order valence-electron chi connectivity index (χ1n) is 6.85. The van der Waals surface area contributed by atoms with Crippen LogP contribution in [-0.2, 0) is 6.61 Å². The lowest BCUT2D eigenvalue weighted by molar-refractivity contribution is 0.165. The number of aliphatic hydroxyl groups is 1. The number of rotatable bonds is 6. The van der Waals surface area contributed by atoms with Gasteiger partial charge in [0.15, 0.2) is 0 Å². The first-order valence-corrected chi connectivity index (χ1v) is 7.64. The van der Waals surface area contributed by atoms with Gasteiger partial charge < -0.3 is 9.84 Å². The van der Waals surface area contributed by atoms with Crippen molar-refractivity contribution in [3.8, 4) is 5.75 Å². The molecule has 2 aromatic carbocycles. The van der Waals surface area contributed by atoms with Crippen LogP contribution >= 0.6 is 15.9 Å². The molecule has 0 bridgehead atoms. The fourth-order valence-corrected chi connectivity index (χ4v) is 2.55. The van der Waals surface area contributed by atoms with Gasteiger partial charge in [0, 0.05) is 4.47 Å². The number of aliphatic hydroxyl groups excluding tert-OH is 1. The first kappa shape index (κ1) is 15.1. The van der Waals surface area contributed by atoms with Crippen molar-refractivity contribution in [3.05, 3.63) is 64.1 Å². The second-order valence-corrected chi connectivity index (χ2v) is 5.62. The minimum absolute atomic E-state index is 0.449. The Balaban J connectivity index is 2.07. The van der Waals surface area contributed by atoms with Crippen molar-refractivity contribution in [1.82, 2.24) is 0 Å². The van der Waals surface area contributed by atoms with E-state index < -0.39 is 6.10 Å². The number of hydrogen-bond acceptors (Lipinski definition) is 2. The fraction of sp³-hybridized carbons (Fsp3) is 0.294. The van der Waals surface area contributed by atoms with Crippen molar-refractivity contribution < 1.29 is 9.84 Å². The highest BCUT2D eigenvalue weighted by Gasteiger charge is 2.11. The summed E-state index contributed by atoms with van der Waals surface area (Å²) in [5, 5.41) is 10.1. The van der Waals surface area contributed by atoms with Crippen LogP contribution in [0, 0.1) is 0 Å². The van der Waals surface area contributed by atoms with Crippen molar-refractivity contribution in [2.45, 2.75) is 32.5 Å². The first-order chi connectivity index (χ1) is 9.70. The number of benzene rings is 2. The van der Waals surface area contributed by atoms with E-state index in [0.717, 1.165) is 34.2 Å². The van der Waals surface area contributed by atoms with E-state index in [1.54, 1.807) is 0 Å². The molecule has 2 aromatic rings. The van der Waals surface area contributed by atoms with Crippen molar-refractivity contribution in [2.75, 3.05) is 0 Å². The molecule has 1 unspecified atom stereocenters. The molecule has 106 valence electrons. The Labute approximate surface area is 128 Å². The number of halogens is 1. The van der Waals surface area contributed by atoms with Gasteiger partial charge in [0.25, 0.3) is 0 Å². The summed E-state index contributed by atoms with van der Waals surface area (Å²) in [5.41, 5.74) is 2.02. The van der Waals surface area contributed by atoms with Crippen LogP contribution in [0.1, 0.15) is 37.0 Å². The highest BCUT2D eigenvalue weighted by molar-refractivity contribution is 9.10. The standard InChI is InChI=1S/C17H19BrO2/c1-2-6-17(19)15-11-14(9-10-16(15)18)20-12-13-7-4-3-5-8-13/h3-5,7-11,17,19H,2,6,12H2,1H3. The van der Waals surface area contributed by atoms with Gasteiger partial charge in [-0.2, -0.15) is 0 Å². The zero-order valence-corrected chi connectivity index (χ0v) is 13.1. The molecule has 0 aliphatic heterocycles. The van der Waals surface area contributed by atoms with Crippen LogP contribution in [-0.4, -0.2) is 5.11 Å². The minimum Gasteiger partial charge on any atom is -0.489 e. The predicted octanol–water partition coefficient (Wildman–Crippen LogP) is 4.86. The molecule has 0 heterocycles. The molecule has 3 heteroatoms. The van der Waals surface area contributed by atoms with Gasteiger partial charge in [0.05, 0.1) is 6.10 Å². The Bertz CT molecular complexity index is 540. The molecule has 0 amide bonds. The largest absolute Gasteiger partial charge is 0.489 e. The average Bonchev–Trinajstić information content (AvgIpc) is 2.47. The normalized spacial score (nSPS) is 12.2. The van der Waals surface area contributed by atoms with E-state index in [0.29, 0.717) is 6.61 Å². The van der Waals surface area contributed by atoms with E-state index in [1.807, 2.05) is 48.5 Å². The number of hydrogen-bond donors (Lipinski definition) is 1. The van der Waals surface area contributed by atoms with E-state index in [2.05, 4.69) is 22.9 Å². The van der Waals surface area contributed by atoms with Crippen LogP contribution in [0.25, 0.3) is 0 Å². The number of ether oxygens (including phenoxy) is 1. The van der Waals surface area contributed by atoms with E-state index >= 15 is 0 Å². The Morgan fingerprint density at radius 1 is 1.15 bits per heavy atom. The fourth-order valence-electron chi connectivity index (χ4n) is 2.04. The molecule has 0 aliphatic rings. The van der Waals surface area contributed by atoms with Gasteiger partial charge in [-0.15, -0.1) is 0 Å². The molecular weight excluding hydrogens is 316 g/mol. The van der Waals surface area contributed by atoms with Crippen LogP contribution in [0.15, 0.2) is 53.0 Å². The maximum absolute atomic E-state index is 10.1. The van der Waals surface area contributed by atoms with Gasteiger partial charge in [0.1, 0.15) is 12.4 Å². The summed E-state index contributed by atoms with van der Waals surface area (Å²) in [6.45, 7) is 2.60.